The van der Waals surface area contributed by atoms with Gasteiger partial charge in [-0.2, -0.15) is 0 Å². The number of nitrogens with zero attached hydrogens (tertiary/aromatic N) is 1. The summed E-state index contributed by atoms with van der Waals surface area (Å²) < 4.78 is 58.9. The molecule has 130 valence electrons. The van der Waals surface area contributed by atoms with Crippen LogP contribution in [0.25, 0.3) is 0 Å². The van der Waals surface area contributed by atoms with Crippen LogP contribution in [0.15, 0.2) is 40.0 Å². The van der Waals surface area contributed by atoms with E-state index in [1.54, 1.807) is 13.0 Å². The maximum atomic E-state index is 13.1. The van der Waals surface area contributed by atoms with E-state index in [9.17, 15) is 22.0 Å². The molecule has 1 heterocycles. The van der Waals surface area contributed by atoms with Gasteiger partial charge in [-0.3, -0.25) is 4.79 Å². The van der Waals surface area contributed by atoms with Crippen LogP contribution in [0.4, 0.5) is 8.78 Å². The molecule has 6 nitrogen and oxygen atoms in total. The van der Waals surface area contributed by atoms with Crippen molar-refractivity contribution >= 4 is 10.0 Å². The molecule has 0 bridgehead atoms. The van der Waals surface area contributed by atoms with Gasteiger partial charge in [0.1, 0.15) is 17.4 Å². The molecule has 2 rings (SSSR count). The highest BCUT2D eigenvalue weighted by Crippen LogP contribution is 2.13. The molecule has 0 amide bonds. The lowest BCUT2D eigenvalue weighted by Crippen LogP contribution is -2.31. The van der Waals surface area contributed by atoms with Gasteiger partial charge in [0.25, 0.3) is 5.56 Å². The molecule has 2 aromatic rings. The Kier molecular flexibility index (Phi) is 5.35. The lowest BCUT2D eigenvalue weighted by Gasteiger charge is -2.12. The molecule has 1 aromatic heterocycles. The fourth-order valence-electron chi connectivity index (χ4n) is 2.16. The minimum absolute atomic E-state index is 0.0612. The van der Waals surface area contributed by atoms with Crippen LogP contribution in [0.3, 0.4) is 0 Å². The van der Waals surface area contributed by atoms with Crippen LogP contribution in [0.1, 0.15) is 5.69 Å². The van der Waals surface area contributed by atoms with Gasteiger partial charge in [0, 0.05) is 30.9 Å². The van der Waals surface area contributed by atoms with Crippen molar-refractivity contribution in [1.29, 1.82) is 0 Å². The molecule has 0 aliphatic rings. The summed E-state index contributed by atoms with van der Waals surface area (Å²) >= 11 is 0. The number of benzene rings is 1. The highest BCUT2D eigenvalue weighted by Gasteiger charge is 2.16. The van der Waals surface area contributed by atoms with Gasteiger partial charge in [-0.25, -0.2) is 21.9 Å². The zero-order chi connectivity index (χ0) is 17.9. The Hall–Kier alpha value is -2.26. The topological polar surface area (TPSA) is 77.4 Å². The normalized spacial score (nSPS) is 11.5. The molecule has 24 heavy (non-hydrogen) atoms. The van der Waals surface area contributed by atoms with Gasteiger partial charge in [-0.05, 0) is 25.1 Å². The first-order valence-corrected chi connectivity index (χ1v) is 8.42. The first kappa shape index (κ1) is 18.1. The van der Waals surface area contributed by atoms with Crippen LogP contribution in [-0.4, -0.2) is 26.6 Å². The maximum Gasteiger partial charge on any atom is 0.254 e. The summed E-state index contributed by atoms with van der Waals surface area (Å²) in [5.74, 6) is -1.57. The number of hydrogen-bond acceptors (Lipinski definition) is 4. The van der Waals surface area contributed by atoms with E-state index in [2.05, 4.69) is 4.72 Å². The highest BCUT2D eigenvalue weighted by molar-refractivity contribution is 7.89. The SMILES string of the molecule is COc1cc(C)n(CCNS(=O)(=O)c2cc(F)cc(F)c2)c(=O)c1. The largest absolute Gasteiger partial charge is 0.496 e. The van der Waals surface area contributed by atoms with Crippen LogP contribution in [0, 0.1) is 18.6 Å². The third-order valence-electron chi connectivity index (χ3n) is 3.32. The molecular weight excluding hydrogens is 342 g/mol. The quantitative estimate of drug-likeness (QED) is 0.847. The van der Waals surface area contributed by atoms with E-state index in [1.807, 2.05) is 0 Å². The third kappa shape index (κ3) is 4.18. The summed E-state index contributed by atoms with van der Waals surface area (Å²) in [5.41, 5.74) is 0.248. The molecular formula is C15H16F2N2O4S. The van der Waals surface area contributed by atoms with Gasteiger partial charge in [-0.15, -0.1) is 0 Å². The fraction of sp³-hybridized carbons (Fsp3) is 0.267. The van der Waals surface area contributed by atoms with E-state index < -0.39 is 26.6 Å². The predicted octanol–water partition coefficient (Wildman–Crippen LogP) is 1.42. The van der Waals surface area contributed by atoms with E-state index in [4.69, 9.17) is 4.74 Å². The smallest absolute Gasteiger partial charge is 0.254 e. The van der Waals surface area contributed by atoms with E-state index in [0.717, 1.165) is 12.1 Å². The van der Waals surface area contributed by atoms with Crippen molar-refractivity contribution in [3.63, 3.8) is 0 Å². The molecule has 0 radical (unpaired) electrons. The fourth-order valence-corrected chi connectivity index (χ4v) is 3.22. The van der Waals surface area contributed by atoms with Gasteiger partial charge >= 0.3 is 0 Å². The summed E-state index contributed by atoms with van der Waals surface area (Å²) in [6, 6.07) is 4.94. The van der Waals surface area contributed by atoms with Crippen molar-refractivity contribution in [1.82, 2.24) is 9.29 Å². The van der Waals surface area contributed by atoms with Crippen molar-refractivity contribution in [2.75, 3.05) is 13.7 Å². The van der Waals surface area contributed by atoms with Crippen molar-refractivity contribution in [2.24, 2.45) is 0 Å². The van der Waals surface area contributed by atoms with E-state index in [-0.39, 0.29) is 18.6 Å². The average Bonchev–Trinajstić information content (AvgIpc) is 2.48. The van der Waals surface area contributed by atoms with Crippen molar-refractivity contribution < 1.29 is 21.9 Å². The molecule has 0 spiro atoms. The zero-order valence-electron chi connectivity index (χ0n) is 13.0. The monoisotopic (exact) mass is 358 g/mol. The lowest BCUT2D eigenvalue weighted by molar-refractivity contribution is 0.411. The summed E-state index contributed by atoms with van der Waals surface area (Å²) in [4.78, 5) is 11.4. The Bertz CT molecular complexity index is 890. The molecule has 0 fully saturated rings. The zero-order valence-corrected chi connectivity index (χ0v) is 13.9. The molecule has 9 heteroatoms. The number of aryl methyl sites for hydroxylation is 1. The standard InChI is InChI=1S/C15H16F2N2O4S/c1-10-5-13(23-2)9-15(20)19(10)4-3-18-24(21,22)14-7-11(16)6-12(17)8-14/h5-9,18H,3-4H2,1-2H3. The van der Waals surface area contributed by atoms with Crippen LogP contribution >= 0.6 is 0 Å². The molecule has 0 unspecified atom stereocenters. The van der Waals surface area contributed by atoms with Gasteiger partial charge < -0.3 is 9.30 Å². The lowest BCUT2D eigenvalue weighted by atomic mass is 10.3. The summed E-state index contributed by atoms with van der Waals surface area (Å²) in [6.07, 6.45) is 0. The average molecular weight is 358 g/mol. The molecule has 0 aliphatic carbocycles. The number of methoxy groups -OCH3 is 1. The second-order valence-electron chi connectivity index (χ2n) is 5.03. The number of aromatic nitrogens is 1. The first-order chi connectivity index (χ1) is 11.2. The number of ether oxygens (including phenoxy) is 1. The van der Waals surface area contributed by atoms with E-state index in [1.165, 1.54) is 17.7 Å². The number of rotatable bonds is 6. The second-order valence-corrected chi connectivity index (χ2v) is 6.80. The van der Waals surface area contributed by atoms with Crippen LogP contribution in [-0.2, 0) is 16.6 Å². The molecule has 0 aliphatic heterocycles. The van der Waals surface area contributed by atoms with Crippen LogP contribution in [0.5, 0.6) is 5.75 Å². The van der Waals surface area contributed by atoms with Gasteiger partial charge in [-0.1, -0.05) is 0 Å². The minimum atomic E-state index is -4.08. The molecule has 0 saturated carbocycles. The summed E-state index contributed by atoms with van der Waals surface area (Å²) in [5, 5.41) is 0. The number of nitrogens with one attached hydrogen (secondary N) is 1. The molecule has 1 N–H and O–H groups in total. The van der Waals surface area contributed by atoms with E-state index >= 15 is 0 Å². The minimum Gasteiger partial charge on any atom is -0.496 e. The van der Waals surface area contributed by atoms with Crippen molar-refractivity contribution in [3.05, 3.63) is 58.0 Å². The molecule has 1 aromatic carbocycles. The Morgan fingerprint density at radius 3 is 2.29 bits per heavy atom. The van der Waals surface area contributed by atoms with Crippen LogP contribution in [0.2, 0.25) is 0 Å². The van der Waals surface area contributed by atoms with Crippen molar-refractivity contribution in [3.8, 4) is 5.75 Å². The summed E-state index contributed by atoms with van der Waals surface area (Å²) in [6.45, 7) is 1.62. The third-order valence-corrected chi connectivity index (χ3v) is 4.76. The van der Waals surface area contributed by atoms with E-state index in [0.29, 0.717) is 17.5 Å². The first-order valence-electron chi connectivity index (χ1n) is 6.94. The second kappa shape index (κ2) is 7.10. The number of sulfonamides is 1. The molecule has 0 saturated heterocycles. The molecule has 0 atom stereocenters. The number of pyridine rings is 1. The Morgan fingerprint density at radius 1 is 1.12 bits per heavy atom. The number of hydrogen-bond donors (Lipinski definition) is 1. The Morgan fingerprint density at radius 2 is 1.75 bits per heavy atom. The van der Waals surface area contributed by atoms with Crippen molar-refractivity contribution in [2.45, 2.75) is 18.4 Å². The summed E-state index contributed by atoms with van der Waals surface area (Å²) in [7, 11) is -2.65. The predicted molar refractivity (Wildman–Crippen MR) is 83.5 cm³/mol. The Labute approximate surface area is 137 Å². The van der Waals surface area contributed by atoms with Gasteiger partial charge in [0.15, 0.2) is 0 Å². The van der Waals surface area contributed by atoms with Gasteiger partial charge in [0.2, 0.25) is 10.0 Å². The Balaban J connectivity index is 2.13. The highest BCUT2D eigenvalue weighted by atomic mass is 32.2. The maximum absolute atomic E-state index is 13.1. The van der Waals surface area contributed by atoms with Crippen LogP contribution < -0.4 is 15.0 Å². The van der Waals surface area contributed by atoms with Gasteiger partial charge in [0.05, 0.1) is 12.0 Å². The number of halogens is 2.